The van der Waals surface area contributed by atoms with Crippen LogP contribution in [0, 0.1) is 0 Å². The number of nitrogens with one attached hydrogen (secondary N) is 1. The lowest BCUT2D eigenvalue weighted by Crippen LogP contribution is -2.30. The maximum absolute atomic E-state index is 12.4. The minimum Gasteiger partial charge on any atom is -0.458 e. The van der Waals surface area contributed by atoms with Gasteiger partial charge in [0.1, 0.15) is 17.4 Å². The lowest BCUT2D eigenvalue weighted by Gasteiger charge is -2.16. The molecule has 2 N–H and O–H groups in total. The van der Waals surface area contributed by atoms with Gasteiger partial charge in [0.15, 0.2) is 0 Å². The van der Waals surface area contributed by atoms with Gasteiger partial charge in [-0.15, -0.1) is 0 Å². The van der Waals surface area contributed by atoms with Gasteiger partial charge in [-0.25, -0.2) is 0 Å². The van der Waals surface area contributed by atoms with Gasteiger partial charge in [-0.3, -0.25) is 4.79 Å². The van der Waals surface area contributed by atoms with Crippen molar-refractivity contribution in [1.29, 1.82) is 0 Å². The molecule has 0 aliphatic rings. The average Bonchev–Trinajstić information content (AvgIpc) is 3.07. The Balaban J connectivity index is 1.55. The molecule has 2 aromatic carbocycles. The van der Waals surface area contributed by atoms with E-state index in [0.717, 1.165) is 23.0 Å². The van der Waals surface area contributed by atoms with Crippen molar-refractivity contribution in [3.8, 4) is 0 Å². The Labute approximate surface area is 147 Å². The predicted molar refractivity (Wildman–Crippen MR) is 98.3 cm³/mol. The first kappa shape index (κ1) is 17.2. The molecule has 130 valence electrons. The van der Waals surface area contributed by atoms with E-state index in [1.165, 1.54) is 0 Å². The number of hydrogen-bond acceptors (Lipinski definition) is 3. The largest absolute Gasteiger partial charge is 0.458 e. The van der Waals surface area contributed by atoms with Crippen molar-refractivity contribution >= 4 is 16.9 Å². The van der Waals surface area contributed by atoms with E-state index in [9.17, 15) is 9.90 Å². The van der Waals surface area contributed by atoms with Crippen molar-refractivity contribution in [3.05, 3.63) is 72.0 Å². The Morgan fingerprint density at radius 3 is 2.56 bits per heavy atom. The maximum Gasteiger partial charge on any atom is 0.227 e. The molecule has 25 heavy (non-hydrogen) atoms. The number of rotatable bonds is 7. The van der Waals surface area contributed by atoms with Crippen LogP contribution in [0.25, 0.3) is 11.0 Å². The molecule has 0 saturated heterocycles. The van der Waals surface area contributed by atoms with Crippen LogP contribution in [0.15, 0.2) is 65.1 Å². The van der Waals surface area contributed by atoms with Crippen molar-refractivity contribution < 1.29 is 14.3 Å². The Hall–Kier alpha value is -2.59. The second kappa shape index (κ2) is 7.99. The maximum atomic E-state index is 12.4. The first-order valence-corrected chi connectivity index (χ1v) is 8.68. The van der Waals surface area contributed by atoms with E-state index in [0.29, 0.717) is 18.7 Å². The number of furan rings is 1. The third-order valence-corrected chi connectivity index (χ3v) is 4.42. The highest BCUT2D eigenvalue weighted by Crippen LogP contribution is 2.25. The Morgan fingerprint density at radius 2 is 1.84 bits per heavy atom. The Morgan fingerprint density at radius 1 is 1.12 bits per heavy atom. The number of benzene rings is 2. The lowest BCUT2D eigenvalue weighted by molar-refractivity contribution is -0.122. The van der Waals surface area contributed by atoms with Crippen LogP contribution < -0.4 is 5.32 Å². The summed E-state index contributed by atoms with van der Waals surface area (Å²) >= 11 is 0. The predicted octanol–water partition coefficient (Wildman–Crippen LogP) is 4.17. The van der Waals surface area contributed by atoms with Gasteiger partial charge in [-0.1, -0.05) is 55.5 Å². The number of hydrogen-bond donors (Lipinski definition) is 2. The third-order valence-electron chi connectivity index (χ3n) is 4.42. The van der Waals surface area contributed by atoms with Crippen molar-refractivity contribution in [1.82, 2.24) is 5.32 Å². The molecule has 0 spiro atoms. The van der Waals surface area contributed by atoms with Crippen molar-refractivity contribution in [3.63, 3.8) is 0 Å². The van der Waals surface area contributed by atoms with E-state index >= 15 is 0 Å². The second-order valence-corrected chi connectivity index (χ2v) is 6.15. The number of carbonyl (C=O) groups is 1. The van der Waals surface area contributed by atoms with E-state index in [1.54, 1.807) is 0 Å². The molecule has 2 unspecified atom stereocenters. The van der Waals surface area contributed by atoms with E-state index in [4.69, 9.17) is 4.42 Å². The van der Waals surface area contributed by atoms with Crippen LogP contribution in [0.3, 0.4) is 0 Å². The number of fused-ring (bicyclic) bond motifs is 1. The summed E-state index contributed by atoms with van der Waals surface area (Å²) in [5, 5.41) is 14.2. The molecule has 4 nitrogen and oxygen atoms in total. The fourth-order valence-corrected chi connectivity index (χ4v) is 3.02. The van der Waals surface area contributed by atoms with Crippen LogP contribution in [0.4, 0.5) is 0 Å². The average molecular weight is 337 g/mol. The second-order valence-electron chi connectivity index (χ2n) is 6.15. The fraction of sp³-hybridized carbons (Fsp3) is 0.286. The van der Waals surface area contributed by atoms with Gasteiger partial charge in [0.05, 0.1) is 5.92 Å². The molecule has 0 saturated carbocycles. The summed E-state index contributed by atoms with van der Waals surface area (Å²) in [7, 11) is 0. The highest BCUT2D eigenvalue weighted by Gasteiger charge is 2.19. The first-order valence-electron chi connectivity index (χ1n) is 8.68. The summed E-state index contributed by atoms with van der Waals surface area (Å²) in [6, 6.07) is 19.3. The number of carbonyl (C=O) groups excluding carboxylic acids is 1. The standard InChI is InChI=1S/C21H23NO3/c1-2-17(15-8-4-3-5-9-15)21(24)22-13-12-18(23)20-14-16-10-6-7-11-19(16)25-20/h3-11,14,17-18,23H,2,12-13H2,1H3,(H,22,24). The van der Waals surface area contributed by atoms with Crippen LogP contribution in [0.2, 0.25) is 0 Å². The number of aliphatic hydroxyl groups excluding tert-OH is 1. The van der Waals surface area contributed by atoms with Gasteiger partial charge < -0.3 is 14.8 Å². The van der Waals surface area contributed by atoms with Crippen LogP contribution in [-0.4, -0.2) is 17.6 Å². The van der Waals surface area contributed by atoms with Gasteiger partial charge in [0.25, 0.3) is 0 Å². The highest BCUT2D eigenvalue weighted by molar-refractivity contribution is 5.83. The third kappa shape index (κ3) is 4.09. The zero-order chi connectivity index (χ0) is 17.6. The first-order chi connectivity index (χ1) is 12.2. The van der Waals surface area contributed by atoms with Crippen molar-refractivity contribution in [2.45, 2.75) is 31.8 Å². The number of aliphatic hydroxyl groups is 1. The van der Waals surface area contributed by atoms with E-state index in [-0.39, 0.29) is 11.8 Å². The smallest absolute Gasteiger partial charge is 0.227 e. The SMILES string of the molecule is CCC(C(=O)NCCC(O)c1cc2ccccc2o1)c1ccccc1. The molecule has 0 bridgehead atoms. The normalized spacial score (nSPS) is 13.5. The van der Waals surface area contributed by atoms with E-state index in [2.05, 4.69) is 5.32 Å². The Bertz CT molecular complexity index is 792. The summed E-state index contributed by atoms with van der Waals surface area (Å²) in [6.07, 6.45) is 0.420. The van der Waals surface area contributed by atoms with E-state index < -0.39 is 6.10 Å². The molecule has 1 aromatic heterocycles. The van der Waals surface area contributed by atoms with Crippen LogP contribution >= 0.6 is 0 Å². The zero-order valence-electron chi connectivity index (χ0n) is 14.3. The molecule has 0 aliphatic carbocycles. The van der Waals surface area contributed by atoms with Crippen LogP contribution in [0.5, 0.6) is 0 Å². The zero-order valence-corrected chi connectivity index (χ0v) is 14.3. The van der Waals surface area contributed by atoms with Gasteiger partial charge in [0, 0.05) is 11.9 Å². The summed E-state index contributed by atoms with van der Waals surface area (Å²) in [6.45, 7) is 2.40. The number of para-hydroxylation sites is 1. The topological polar surface area (TPSA) is 62.5 Å². The van der Waals surface area contributed by atoms with Crippen molar-refractivity contribution in [2.24, 2.45) is 0 Å². The summed E-state index contributed by atoms with van der Waals surface area (Å²) in [5.74, 6) is 0.362. The van der Waals surface area contributed by atoms with Gasteiger partial charge in [0.2, 0.25) is 5.91 Å². The quantitative estimate of drug-likeness (QED) is 0.680. The molecule has 4 heteroatoms. The molecule has 0 radical (unpaired) electrons. The number of amides is 1. The minimum absolute atomic E-state index is 0.00879. The molecule has 0 fully saturated rings. The minimum atomic E-state index is -0.732. The summed E-state index contributed by atoms with van der Waals surface area (Å²) < 4.78 is 5.66. The molecule has 2 atom stereocenters. The van der Waals surface area contributed by atoms with Gasteiger partial charge in [-0.2, -0.15) is 0 Å². The molecule has 1 heterocycles. The van der Waals surface area contributed by atoms with E-state index in [1.807, 2.05) is 67.6 Å². The highest BCUT2D eigenvalue weighted by atomic mass is 16.4. The molecule has 0 aliphatic heterocycles. The molecular weight excluding hydrogens is 314 g/mol. The fourth-order valence-electron chi connectivity index (χ4n) is 3.02. The summed E-state index contributed by atoms with van der Waals surface area (Å²) in [4.78, 5) is 12.4. The molecule has 1 amide bonds. The molecule has 3 rings (SSSR count). The van der Waals surface area contributed by atoms with Gasteiger partial charge in [-0.05, 0) is 30.5 Å². The van der Waals surface area contributed by atoms with Crippen molar-refractivity contribution in [2.75, 3.05) is 6.54 Å². The Kier molecular flexibility index (Phi) is 5.51. The monoisotopic (exact) mass is 337 g/mol. The summed E-state index contributed by atoms with van der Waals surface area (Å²) in [5.41, 5.74) is 1.77. The van der Waals surface area contributed by atoms with Crippen LogP contribution in [-0.2, 0) is 4.79 Å². The van der Waals surface area contributed by atoms with Crippen LogP contribution in [0.1, 0.15) is 43.1 Å². The molecular formula is C21H23NO3. The van der Waals surface area contributed by atoms with Gasteiger partial charge >= 0.3 is 0 Å². The molecule has 3 aromatic rings. The lowest BCUT2D eigenvalue weighted by atomic mass is 9.95.